The Kier molecular flexibility index (Phi) is 8.52. The number of nitrogens with one attached hydrogen (secondary N) is 2. The summed E-state index contributed by atoms with van der Waals surface area (Å²) >= 11 is 0. The van der Waals surface area contributed by atoms with E-state index < -0.39 is 20.0 Å². The third-order valence-corrected chi connectivity index (χ3v) is 8.92. The molecule has 0 spiro atoms. The molecule has 1 saturated heterocycles. The van der Waals surface area contributed by atoms with Gasteiger partial charge in [0.1, 0.15) is 11.5 Å². The van der Waals surface area contributed by atoms with E-state index in [0.29, 0.717) is 19.0 Å². The van der Waals surface area contributed by atoms with Crippen LogP contribution >= 0.6 is 0 Å². The lowest BCUT2D eigenvalue weighted by molar-refractivity contribution is 0.0693. The Balaban J connectivity index is 1.97. The standard InChI is InChI=1S/C24H33N3O7S2/c1-16(2)25-35(29,30)19-7-9-23(34-5)21(15-19)26-36(31,32)18-6-8-22(33-4)20(14-18)24(28)27-12-10-17(3)11-13-27/h6-9,14-17,25-26H,10-13H2,1-5H3. The first-order chi connectivity index (χ1) is 16.9. The molecule has 2 N–H and O–H groups in total. The highest BCUT2D eigenvalue weighted by Crippen LogP contribution is 2.31. The summed E-state index contributed by atoms with van der Waals surface area (Å²) in [5.41, 5.74) is 0.0807. The molecule has 0 atom stereocenters. The van der Waals surface area contributed by atoms with E-state index in [9.17, 15) is 21.6 Å². The highest BCUT2D eigenvalue weighted by atomic mass is 32.2. The summed E-state index contributed by atoms with van der Waals surface area (Å²) in [5.74, 6) is 0.621. The normalized spacial score (nSPS) is 15.1. The van der Waals surface area contributed by atoms with Crippen LogP contribution < -0.4 is 18.9 Å². The second-order valence-corrected chi connectivity index (χ2v) is 12.5. The summed E-state index contributed by atoms with van der Waals surface area (Å²) in [6.07, 6.45) is 1.75. The Morgan fingerprint density at radius 3 is 2.03 bits per heavy atom. The van der Waals surface area contributed by atoms with Crippen LogP contribution in [0.3, 0.4) is 0 Å². The summed E-state index contributed by atoms with van der Waals surface area (Å²) in [6, 6.07) is 7.55. The summed E-state index contributed by atoms with van der Waals surface area (Å²) < 4.78 is 67.2. The largest absolute Gasteiger partial charge is 0.496 e. The molecule has 1 aliphatic rings. The molecule has 0 saturated carbocycles. The van der Waals surface area contributed by atoms with Gasteiger partial charge >= 0.3 is 0 Å². The van der Waals surface area contributed by atoms with E-state index in [1.165, 1.54) is 50.6 Å². The topological polar surface area (TPSA) is 131 Å². The molecule has 2 aromatic rings. The minimum Gasteiger partial charge on any atom is -0.496 e. The molecule has 1 heterocycles. The van der Waals surface area contributed by atoms with Crippen molar-refractivity contribution in [1.82, 2.24) is 9.62 Å². The molecule has 0 unspecified atom stereocenters. The molecular formula is C24H33N3O7S2. The van der Waals surface area contributed by atoms with Crippen LogP contribution in [0.1, 0.15) is 44.0 Å². The van der Waals surface area contributed by atoms with Gasteiger partial charge in [-0.25, -0.2) is 21.6 Å². The number of methoxy groups -OCH3 is 2. The van der Waals surface area contributed by atoms with E-state index in [2.05, 4.69) is 16.4 Å². The smallest absolute Gasteiger partial charge is 0.262 e. The van der Waals surface area contributed by atoms with Gasteiger partial charge in [0.25, 0.3) is 15.9 Å². The molecular weight excluding hydrogens is 506 g/mol. The lowest BCUT2D eigenvalue weighted by Crippen LogP contribution is -2.38. The van der Waals surface area contributed by atoms with E-state index in [4.69, 9.17) is 9.47 Å². The van der Waals surface area contributed by atoms with Gasteiger partial charge in [-0.3, -0.25) is 9.52 Å². The third kappa shape index (κ3) is 6.29. The van der Waals surface area contributed by atoms with Crippen molar-refractivity contribution in [3.8, 4) is 11.5 Å². The monoisotopic (exact) mass is 539 g/mol. The lowest BCUT2D eigenvalue weighted by atomic mass is 9.98. The van der Waals surface area contributed by atoms with E-state index in [1.54, 1.807) is 18.7 Å². The fourth-order valence-electron chi connectivity index (χ4n) is 3.92. The Hall–Kier alpha value is -2.83. The number of amides is 1. The van der Waals surface area contributed by atoms with Gasteiger partial charge in [0, 0.05) is 19.1 Å². The fraction of sp³-hybridized carbons (Fsp3) is 0.458. The molecule has 2 aromatic carbocycles. The van der Waals surface area contributed by atoms with Gasteiger partial charge in [-0.05, 0) is 69.0 Å². The van der Waals surface area contributed by atoms with Crippen molar-refractivity contribution in [3.05, 3.63) is 42.0 Å². The summed E-state index contributed by atoms with van der Waals surface area (Å²) in [4.78, 5) is 14.6. The van der Waals surface area contributed by atoms with Gasteiger partial charge in [0.05, 0.1) is 35.3 Å². The number of hydrogen-bond acceptors (Lipinski definition) is 7. The molecule has 1 aliphatic heterocycles. The molecule has 10 nitrogen and oxygen atoms in total. The van der Waals surface area contributed by atoms with Crippen LogP contribution in [0.5, 0.6) is 11.5 Å². The number of carbonyl (C=O) groups is 1. The molecule has 0 aromatic heterocycles. The zero-order chi connectivity index (χ0) is 26.7. The highest BCUT2D eigenvalue weighted by Gasteiger charge is 2.27. The van der Waals surface area contributed by atoms with Gasteiger partial charge in [-0.15, -0.1) is 0 Å². The quantitative estimate of drug-likeness (QED) is 0.501. The Morgan fingerprint density at radius 2 is 1.47 bits per heavy atom. The minimum atomic E-state index is -4.22. The molecule has 0 aliphatic carbocycles. The number of nitrogens with zero attached hydrogens (tertiary/aromatic N) is 1. The van der Waals surface area contributed by atoms with Gasteiger partial charge in [0.15, 0.2) is 0 Å². The van der Waals surface area contributed by atoms with Gasteiger partial charge < -0.3 is 14.4 Å². The lowest BCUT2D eigenvalue weighted by Gasteiger charge is -2.30. The second-order valence-electron chi connectivity index (χ2n) is 9.08. The molecule has 3 rings (SSSR count). The van der Waals surface area contributed by atoms with Gasteiger partial charge in [-0.1, -0.05) is 6.92 Å². The summed E-state index contributed by atoms with van der Waals surface area (Å²) in [5, 5.41) is 0. The molecule has 0 radical (unpaired) electrons. The maximum absolute atomic E-state index is 13.3. The molecule has 12 heteroatoms. The first-order valence-corrected chi connectivity index (χ1v) is 14.5. The highest BCUT2D eigenvalue weighted by molar-refractivity contribution is 7.92. The average molecular weight is 540 g/mol. The zero-order valence-corrected chi connectivity index (χ0v) is 22.7. The predicted octanol–water partition coefficient (Wildman–Crippen LogP) is 3.06. The van der Waals surface area contributed by atoms with Crippen LogP contribution in [0, 0.1) is 5.92 Å². The predicted molar refractivity (Wildman–Crippen MR) is 137 cm³/mol. The van der Waals surface area contributed by atoms with Crippen molar-refractivity contribution in [2.24, 2.45) is 5.92 Å². The molecule has 0 bridgehead atoms. The van der Waals surface area contributed by atoms with Crippen LogP contribution in [0.15, 0.2) is 46.2 Å². The van der Waals surface area contributed by atoms with Crippen molar-refractivity contribution >= 4 is 31.6 Å². The van der Waals surface area contributed by atoms with Crippen molar-refractivity contribution in [2.75, 3.05) is 32.0 Å². The van der Waals surface area contributed by atoms with Crippen LogP contribution in [0.4, 0.5) is 5.69 Å². The number of benzene rings is 2. The maximum Gasteiger partial charge on any atom is 0.262 e. The van der Waals surface area contributed by atoms with Crippen molar-refractivity contribution in [1.29, 1.82) is 0 Å². The number of rotatable bonds is 9. The number of anilines is 1. The first kappa shape index (κ1) is 27.8. The van der Waals surface area contributed by atoms with E-state index in [1.807, 2.05) is 0 Å². The number of sulfonamides is 2. The van der Waals surface area contributed by atoms with E-state index in [0.717, 1.165) is 12.8 Å². The maximum atomic E-state index is 13.3. The van der Waals surface area contributed by atoms with Crippen molar-refractivity contribution in [2.45, 2.75) is 49.4 Å². The number of likely N-dealkylation sites (tertiary alicyclic amines) is 1. The SMILES string of the molecule is COc1ccc(S(=O)(=O)NC(C)C)cc1NS(=O)(=O)c1ccc(OC)c(C(=O)N2CCC(C)CC2)c1. The Labute approximate surface area is 213 Å². The molecule has 1 amide bonds. The van der Waals surface area contributed by atoms with Gasteiger partial charge in [0.2, 0.25) is 10.0 Å². The van der Waals surface area contributed by atoms with E-state index >= 15 is 0 Å². The summed E-state index contributed by atoms with van der Waals surface area (Å²) in [7, 11) is -5.34. The fourth-order valence-corrected chi connectivity index (χ4v) is 6.28. The second kappa shape index (κ2) is 11.1. The number of hydrogen-bond donors (Lipinski definition) is 2. The van der Waals surface area contributed by atoms with Gasteiger partial charge in [-0.2, -0.15) is 0 Å². The average Bonchev–Trinajstić information content (AvgIpc) is 2.82. The van der Waals surface area contributed by atoms with Crippen LogP contribution in [-0.2, 0) is 20.0 Å². The number of ether oxygens (including phenoxy) is 2. The number of carbonyl (C=O) groups excluding carboxylic acids is 1. The Morgan fingerprint density at radius 1 is 0.917 bits per heavy atom. The molecule has 36 heavy (non-hydrogen) atoms. The minimum absolute atomic E-state index is 0.0576. The van der Waals surface area contributed by atoms with E-state index in [-0.39, 0.29) is 44.5 Å². The van der Waals surface area contributed by atoms with Crippen molar-refractivity contribution in [3.63, 3.8) is 0 Å². The number of piperidine rings is 1. The van der Waals surface area contributed by atoms with Crippen LogP contribution in [0.25, 0.3) is 0 Å². The first-order valence-electron chi connectivity index (χ1n) is 11.6. The van der Waals surface area contributed by atoms with Crippen molar-refractivity contribution < 1.29 is 31.1 Å². The third-order valence-electron chi connectivity index (χ3n) is 5.90. The van der Waals surface area contributed by atoms with Crippen LogP contribution in [-0.4, -0.2) is 61.0 Å². The molecule has 198 valence electrons. The Bertz CT molecular complexity index is 1320. The zero-order valence-electron chi connectivity index (χ0n) is 21.1. The molecule has 1 fully saturated rings. The summed E-state index contributed by atoms with van der Waals surface area (Å²) in [6.45, 7) is 6.66. The van der Waals surface area contributed by atoms with Crippen LogP contribution in [0.2, 0.25) is 0 Å².